The minimum atomic E-state index is -3.68. The molecule has 0 radical (unpaired) electrons. The number of ether oxygens (including phenoxy) is 2. The highest BCUT2D eigenvalue weighted by atomic mass is 32.2. The fourth-order valence-electron chi connectivity index (χ4n) is 3.20. The lowest BCUT2D eigenvalue weighted by Gasteiger charge is -2.27. The van der Waals surface area contributed by atoms with Crippen LogP contribution in [0.2, 0.25) is 0 Å². The first kappa shape index (κ1) is 20.6. The molecule has 0 amide bonds. The molecule has 1 aliphatic rings. The van der Waals surface area contributed by atoms with Crippen molar-refractivity contribution < 1.29 is 27.4 Å². The fraction of sp³-hybridized carbons (Fsp3) is 0.400. The number of halogens is 1. The van der Waals surface area contributed by atoms with Gasteiger partial charge in [-0.25, -0.2) is 12.8 Å². The van der Waals surface area contributed by atoms with Gasteiger partial charge in [0.1, 0.15) is 23.9 Å². The normalized spacial score (nSPS) is 21.1. The molecule has 0 aromatic heterocycles. The Morgan fingerprint density at radius 2 is 1.86 bits per heavy atom. The van der Waals surface area contributed by atoms with Crippen LogP contribution in [0.5, 0.6) is 11.5 Å². The second-order valence-corrected chi connectivity index (χ2v) is 8.84. The van der Waals surface area contributed by atoms with Crippen molar-refractivity contribution in [3.8, 4) is 11.5 Å². The van der Waals surface area contributed by atoms with Crippen molar-refractivity contribution in [1.82, 2.24) is 4.31 Å². The summed E-state index contributed by atoms with van der Waals surface area (Å²) in [7, 11) is -2.20. The van der Waals surface area contributed by atoms with Crippen molar-refractivity contribution in [2.45, 2.75) is 29.8 Å². The summed E-state index contributed by atoms with van der Waals surface area (Å²) in [5.41, 5.74) is -1.15. The highest BCUT2D eigenvalue weighted by Crippen LogP contribution is 2.28. The van der Waals surface area contributed by atoms with Gasteiger partial charge in [0, 0.05) is 19.2 Å². The Bertz CT molecular complexity index is 903. The highest BCUT2D eigenvalue weighted by Gasteiger charge is 2.35. The van der Waals surface area contributed by atoms with Crippen LogP contribution in [0.1, 0.15) is 19.3 Å². The van der Waals surface area contributed by atoms with Gasteiger partial charge in [0.25, 0.3) is 0 Å². The first-order chi connectivity index (χ1) is 13.3. The van der Waals surface area contributed by atoms with Crippen LogP contribution in [-0.4, -0.2) is 50.2 Å². The number of benzene rings is 2. The Balaban J connectivity index is 1.67. The van der Waals surface area contributed by atoms with E-state index in [2.05, 4.69) is 0 Å². The van der Waals surface area contributed by atoms with Crippen molar-refractivity contribution in [3.63, 3.8) is 0 Å². The first-order valence-corrected chi connectivity index (χ1v) is 10.5. The number of aliphatic hydroxyl groups is 1. The second-order valence-electron chi connectivity index (χ2n) is 6.90. The van der Waals surface area contributed by atoms with Crippen LogP contribution in [0.15, 0.2) is 53.4 Å². The number of sulfonamides is 1. The van der Waals surface area contributed by atoms with Crippen LogP contribution in [-0.2, 0) is 10.0 Å². The number of rotatable bonds is 6. The van der Waals surface area contributed by atoms with E-state index in [1.54, 1.807) is 12.1 Å². The van der Waals surface area contributed by atoms with Crippen LogP contribution >= 0.6 is 0 Å². The average molecular weight is 409 g/mol. The van der Waals surface area contributed by atoms with Gasteiger partial charge >= 0.3 is 0 Å². The average Bonchev–Trinajstić information content (AvgIpc) is 2.90. The third-order valence-electron chi connectivity index (χ3n) is 4.88. The summed E-state index contributed by atoms with van der Waals surface area (Å²) in [5.74, 6) is 0.568. The maximum absolute atomic E-state index is 13.0. The summed E-state index contributed by atoms with van der Waals surface area (Å²) in [5, 5.41) is 10.9. The smallest absolute Gasteiger partial charge is 0.243 e. The number of hydrogen-bond donors (Lipinski definition) is 1. The lowest BCUT2D eigenvalue weighted by Crippen LogP contribution is -2.38. The van der Waals surface area contributed by atoms with Crippen molar-refractivity contribution in [1.29, 1.82) is 0 Å². The van der Waals surface area contributed by atoms with Gasteiger partial charge in [0.05, 0.1) is 17.6 Å². The topological polar surface area (TPSA) is 76.1 Å². The van der Waals surface area contributed by atoms with E-state index in [-0.39, 0.29) is 30.3 Å². The maximum Gasteiger partial charge on any atom is 0.243 e. The predicted octanol–water partition coefficient (Wildman–Crippen LogP) is 2.82. The Kier molecular flexibility index (Phi) is 6.22. The molecule has 1 fully saturated rings. The molecule has 28 heavy (non-hydrogen) atoms. The summed E-state index contributed by atoms with van der Waals surface area (Å²) in [6.45, 7) is 0.521. The van der Waals surface area contributed by atoms with Crippen molar-refractivity contribution >= 4 is 10.0 Å². The third-order valence-corrected chi connectivity index (χ3v) is 6.77. The van der Waals surface area contributed by atoms with E-state index in [1.807, 2.05) is 0 Å². The Morgan fingerprint density at radius 3 is 2.57 bits per heavy atom. The molecule has 1 saturated heterocycles. The molecule has 8 heteroatoms. The molecule has 6 nitrogen and oxygen atoms in total. The lowest BCUT2D eigenvalue weighted by atomic mass is 9.96. The zero-order chi connectivity index (χ0) is 20.2. The van der Waals surface area contributed by atoms with E-state index in [4.69, 9.17) is 9.47 Å². The summed E-state index contributed by atoms with van der Waals surface area (Å²) in [6.07, 6.45) is 1.17. The van der Waals surface area contributed by atoms with Crippen LogP contribution in [0, 0.1) is 5.82 Å². The third kappa shape index (κ3) is 4.81. The summed E-state index contributed by atoms with van der Waals surface area (Å²) in [6, 6.07) is 11.9. The van der Waals surface area contributed by atoms with E-state index < -0.39 is 15.6 Å². The van der Waals surface area contributed by atoms with Crippen molar-refractivity contribution in [3.05, 3.63) is 54.3 Å². The Hall–Kier alpha value is -2.16. The van der Waals surface area contributed by atoms with Crippen molar-refractivity contribution in [2.24, 2.45) is 0 Å². The largest absolute Gasteiger partial charge is 0.497 e. The van der Waals surface area contributed by atoms with Crippen molar-refractivity contribution in [2.75, 3.05) is 26.8 Å². The SMILES string of the molecule is COc1cccc(S(=O)(=O)N2CCCC(O)(COc3ccc(F)cc3)CC2)c1. The summed E-state index contributed by atoms with van der Waals surface area (Å²) < 4.78 is 51.0. The highest BCUT2D eigenvalue weighted by molar-refractivity contribution is 7.89. The Labute approximate surface area is 164 Å². The predicted molar refractivity (Wildman–Crippen MR) is 102 cm³/mol. The molecule has 1 atom stereocenters. The maximum atomic E-state index is 13.0. The van der Waals surface area contributed by atoms with Crippen LogP contribution in [0.3, 0.4) is 0 Å². The monoisotopic (exact) mass is 409 g/mol. The van der Waals surface area contributed by atoms with E-state index in [1.165, 1.54) is 47.8 Å². The summed E-state index contributed by atoms with van der Waals surface area (Å²) in [4.78, 5) is 0.167. The molecule has 1 unspecified atom stereocenters. The molecule has 0 bridgehead atoms. The Morgan fingerprint density at radius 1 is 1.11 bits per heavy atom. The van der Waals surface area contributed by atoms with E-state index in [0.29, 0.717) is 30.9 Å². The molecule has 2 aromatic carbocycles. The molecule has 0 spiro atoms. The molecule has 0 saturated carbocycles. The van der Waals surface area contributed by atoms with Gasteiger partial charge in [0.2, 0.25) is 10.0 Å². The molecule has 2 aromatic rings. The van der Waals surface area contributed by atoms with Crippen LogP contribution in [0.25, 0.3) is 0 Å². The minimum Gasteiger partial charge on any atom is -0.497 e. The fourth-order valence-corrected chi connectivity index (χ4v) is 4.71. The molecular weight excluding hydrogens is 385 g/mol. The van der Waals surface area contributed by atoms with E-state index in [9.17, 15) is 17.9 Å². The zero-order valence-corrected chi connectivity index (χ0v) is 16.5. The first-order valence-electron chi connectivity index (χ1n) is 9.07. The van der Waals surface area contributed by atoms with Gasteiger partial charge < -0.3 is 14.6 Å². The standard InChI is InChI=1S/C20H24FNO5S/c1-26-18-4-2-5-19(14-18)28(24,25)22-12-3-10-20(23,11-13-22)15-27-17-8-6-16(21)7-9-17/h2,4-9,14,23H,3,10-13,15H2,1H3. The van der Waals surface area contributed by atoms with Gasteiger partial charge in [-0.2, -0.15) is 4.31 Å². The van der Waals surface area contributed by atoms with E-state index in [0.717, 1.165) is 0 Å². The molecule has 1 aliphatic heterocycles. The van der Waals surface area contributed by atoms with Gasteiger partial charge in [-0.15, -0.1) is 0 Å². The molecular formula is C20H24FNO5S. The number of nitrogens with zero attached hydrogens (tertiary/aromatic N) is 1. The number of methoxy groups -OCH3 is 1. The quantitative estimate of drug-likeness (QED) is 0.794. The van der Waals surface area contributed by atoms with Gasteiger partial charge in [-0.05, 0) is 55.7 Å². The second kappa shape index (κ2) is 8.46. The van der Waals surface area contributed by atoms with E-state index >= 15 is 0 Å². The lowest BCUT2D eigenvalue weighted by molar-refractivity contribution is -0.0156. The van der Waals surface area contributed by atoms with Crippen LogP contribution < -0.4 is 9.47 Å². The number of hydrogen-bond acceptors (Lipinski definition) is 5. The minimum absolute atomic E-state index is 0.0195. The molecule has 0 aliphatic carbocycles. The van der Waals surface area contributed by atoms with Gasteiger partial charge in [-0.1, -0.05) is 6.07 Å². The molecule has 152 valence electrons. The zero-order valence-electron chi connectivity index (χ0n) is 15.7. The molecule has 3 rings (SSSR count). The van der Waals surface area contributed by atoms with Crippen LogP contribution in [0.4, 0.5) is 4.39 Å². The summed E-state index contributed by atoms with van der Waals surface area (Å²) >= 11 is 0. The van der Waals surface area contributed by atoms with Gasteiger partial charge in [0.15, 0.2) is 0 Å². The molecule has 1 N–H and O–H groups in total. The van der Waals surface area contributed by atoms with Gasteiger partial charge in [-0.3, -0.25) is 0 Å². The molecule has 1 heterocycles.